The van der Waals surface area contributed by atoms with Crippen molar-refractivity contribution < 1.29 is 3.07 Å². The number of hydrogen-bond donors (Lipinski definition) is 1. The van der Waals surface area contributed by atoms with Crippen molar-refractivity contribution >= 4 is 23.8 Å². The van der Waals surface area contributed by atoms with Crippen LogP contribution in [0.5, 0.6) is 0 Å². The van der Waals surface area contributed by atoms with E-state index in [1.165, 1.54) is 13.6 Å². The van der Waals surface area contributed by atoms with Crippen LogP contribution >= 0.6 is 0 Å². The van der Waals surface area contributed by atoms with Gasteiger partial charge in [-0.1, -0.05) is 0 Å². The Labute approximate surface area is 100 Å². The number of benzene rings is 1. The summed E-state index contributed by atoms with van der Waals surface area (Å²) in [5, 5.41) is 0. The molecule has 3 heteroatoms. The summed E-state index contributed by atoms with van der Waals surface area (Å²) in [5.74, 6) is 0. The summed E-state index contributed by atoms with van der Waals surface area (Å²) in [5.41, 5.74) is 7.26. The van der Waals surface area contributed by atoms with Gasteiger partial charge in [-0.15, -0.1) is 0 Å². The first kappa shape index (κ1) is 13.0. The van der Waals surface area contributed by atoms with Crippen LogP contribution in [-0.4, -0.2) is 26.8 Å². The molecule has 0 bridgehead atoms. The Kier molecular flexibility index (Phi) is 5.64. The summed E-state index contributed by atoms with van der Waals surface area (Å²) in [7, 11) is 0. The van der Waals surface area contributed by atoms with Gasteiger partial charge in [0.25, 0.3) is 0 Å². The molecule has 15 heavy (non-hydrogen) atoms. The van der Waals surface area contributed by atoms with Crippen LogP contribution in [0, 0.1) is 0 Å². The third-order valence-electron chi connectivity index (χ3n) is 2.39. The van der Waals surface area contributed by atoms with Gasteiger partial charge in [-0.25, -0.2) is 0 Å². The Morgan fingerprint density at radius 1 is 1.33 bits per heavy atom. The van der Waals surface area contributed by atoms with Crippen molar-refractivity contribution in [3.63, 3.8) is 0 Å². The fraction of sp³-hybridized carbons (Fsp3) is 0.500. The topological polar surface area (TPSA) is 35.2 Å². The van der Waals surface area contributed by atoms with E-state index in [1.54, 1.807) is 0 Å². The van der Waals surface area contributed by atoms with Gasteiger partial charge in [0, 0.05) is 0 Å². The van der Waals surface area contributed by atoms with Crippen LogP contribution in [0.4, 0.5) is 0 Å². The van der Waals surface area contributed by atoms with Crippen LogP contribution in [0.25, 0.3) is 0 Å². The summed E-state index contributed by atoms with van der Waals surface area (Å²) in [6, 6.07) is 8.60. The van der Waals surface area contributed by atoms with Gasteiger partial charge >= 0.3 is 100 Å². The van der Waals surface area contributed by atoms with Gasteiger partial charge in [-0.05, 0) is 0 Å². The van der Waals surface area contributed by atoms with Crippen molar-refractivity contribution in [3.05, 3.63) is 29.8 Å². The van der Waals surface area contributed by atoms with Gasteiger partial charge in [-0.2, -0.15) is 0 Å². The Bertz CT molecular complexity index is 301. The van der Waals surface area contributed by atoms with E-state index in [4.69, 9.17) is 8.81 Å². The van der Waals surface area contributed by atoms with Crippen molar-refractivity contribution in [2.24, 2.45) is 5.73 Å². The molecule has 0 saturated heterocycles. The quantitative estimate of drug-likeness (QED) is 0.844. The van der Waals surface area contributed by atoms with Crippen LogP contribution in [0.15, 0.2) is 24.3 Å². The Morgan fingerprint density at radius 3 is 2.53 bits per heavy atom. The third kappa shape index (κ3) is 3.47. The first-order valence-electron chi connectivity index (χ1n) is 5.54. The molecule has 82 valence electrons. The number of hydrogen-bond acceptors (Lipinski definition) is 2. The molecule has 0 radical (unpaired) electrons. The Balaban J connectivity index is 2.99. The van der Waals surface area contributed by atoms with Gasteiger partial charge < -0.3 is 0 Å². The Hall–Kier alpha value is -0.0613. The summed E-state index contributed by atoms with van der Waals surface area (Å²) in [6.45, 7) is 7.17. The predicted molar refractivity (Wildman–Crippen MR) is 66.5 cm³/mol. The molecule has 0 aliphatic carbocycles. The number of nitrogens with two attached hydrogens (primary N) is 1. The van der Waals surface area contributed by atoms with E-state index in [0.717, 1.165) is 6.61 Å². The normalized spacial score (nSPS) is 12.5. The summed E-state index contributed by atoms with van der Waals surface area (Å²) < 4.78 is 8.52. The van der Waals surface area contributed by atoms with Crippen molar-refractivity contribution in [2.75, 3.05) is 6.61 Å². The molecular formula is C12H20NOSn+. The second kappa shape index (κ2) is 6.51. The molecule has 0 aliphatic rings. The molecule has 0 amide bonds. The van der Waals surface area contributed by atoms with Crippen LogP contribution in [-0.2, 0) is 3.07 Å². The van der Waals surface area contributed by atoms with E-state index in [9.17, 15) is 0 Å². The van der Waals surface area contributed by atoms with Gasteiger partial charge in [0.2, 0.25) is 0 Å². The van der Waals surface area contributed by atoms with Gasteiger partial charge in [0.1, 0.15) is 0 Å². The van der Waals surface area contributed by atoms with E-state index in [0.29, 0.717) is 0 Å². The van der Waals surface area contributed by atoms with E-state index >= 15 is 0 Å². The molecule has 1 rings (SSSR count). The van der Waals surface area contributed by atoms with Crippen molar-refractivity contribution in [2.45, 2.75) is 31.2 Å². The zero-order valence-corrected chi connectivity index (χ0v) is 12.6. The molecule has 0 aliphatic heterocycles. The molecule has 1 unspecified atom stereocenters. The first-order valence-corrected chi connectivity index (χ1v) is 10.1. The summed E-state index contributed by atoms with van der Waals surface area (Å²) >= 11 is -1.84. The molecule has 1 atom stereocenters. The second-order valence-electron chi connectivity index (χ2n) is 3.59. The van der Waals surface area contributed by atoms with E-state index in [1.807, 2.05) is 6.92 Å². The number of rotatable bonds is 5. The Morgan fingerprint density at radius 2 is 2.00 bits per heavy atom. The maximum absolute atomic E-state index is 5.98. The van der Waals surface area contributed by atoms with E-state index < -0.39 is 20.2 Å². The SMILES string of the molecule is CC[O][Sn+]([CH2]C)[c]1ccccc1C(C)N. The van der Waals surface area contributed by atoms with Gasteiger partial charge in [-0.3, -0.25) is 0 Å². The predicted octanol–water partition coefficient (Wildman–Crippen LogP) is 1.96. The molecule has 1 aromatic carbocycles. The zero-order valence-electron chi connectivity index (χ0n) is 9.79. The minimum absolute atomic E-state index is 0.115. The van der Waals surface area contributed by atoms with Crippen LogP contribution < -0.4 is 9.31 Å². The maximum atomic E-state index is 5.98. The zero-order chi connectivity index (χ0) is 11.3. The molecule has 0 saturated carbocycles. The first-order chi connectivity index (χ1) is 7.20. The molecule has 0 fully saturated rings. The van der Waals surface area contributed by atoms with Gasteiger partial charge in [0.05, 0.1) is 0 Å². The standard InChI is InChI=1S/C8H10N.C2H5O.C2H5.Sn/c1-7(9)8-5-3-2-4-6-8;1-2-3;1-2;/h2-5,7H,9H2,1H3;2H2,1H3;1H2,2H3;/q;-1;;+2. The average Bonchev–Trinajstić information content (AvgIpc) is 2.26. The molecule has 0 spiro atoms. The average molecular weight is 313 g/mol. The molecule has 2 N–H and O–H groups in total. The molecule has 0 heterocycles. The van der Waals surface area contributed by atoms with Crippen molar-refractivity contribution in [1.29, 1.82) is 0 Å². The van der Waals surface area contributed by atoms with Crippen LogP contribution in [0.1, 0.15) is 32.4 Å². The molecule has 1 aromatic rings. The summed E-state index contributed by atoms with van der Waals surface area (Å²) in [4.78, 5) is 0. The van der Waals surface area contributed by atoms with Crippen molar-refractivity contribution in [1.82, 2.24) is 0 Å². The van der Waals surface area contributed by atoms with Crippen molar-refractivity contribution in [3.8, 4) is 0 Å². The fourth-order valence-corrected chi connectivity index (χ4v) is 7.41. The molecular weight excluding hydrogens is 293 g/mol. The fourth-order valence-electron chi connectivity index (χ4n) is 1.69. The second-order valence-corrected chi connectivity index (χ2v) is 10.4. The summed E-state index contributed by atoms with van der Waals surface area (Å²) in [6.07, 6.45) is 0. The molecule has 2 nitrogen and oxygen atoms in total. The van der Waals surface area contributed by atoms with E-state index in [2.05, 4.69) is 38.1 Å². The third-order valence-corrected chi connectivity index (χ3v) is 9.06. The van der Waals surface area contributed by atoms with Crippen LogP contribution in [0.3, 0.4) is 0 Å². The minimum atomic E-state index is -1.84. The van der Waals surface area contributed by atoms with Gasteiger partial charge in [0.15, 0.2) is 0 Å². The monoisotopic (exact) mass is 314 g/mol. The van der Waals surface area contributed by atoms with Crippen LogP contribution in [0.2, 0.25) is 4.44 Å². The van der Waals surface area contributed by atoms with E-state index in [-0.39, 0.29) is 6.04 Å². The molecule has 0 aromatic heterocycles.